The Balaban J connectivity index is 1.56. The molecule has 140 valence electrons. The van der Waals surface area contributed by atoms with Gasteiger partial charge in [0.1, 0.15) is 0 Å². The van der Waals surface area contributed by atoms with Gasteiger partial charge in [-0.3, -0.25) is 0 Å². The molecule has 26 heavy (non-hydrogen) atoms. The van der Waals surface area contributed by atoms with Crippen molar-refractivity contribution in [3.8, 4) is 0 Å². The molecule has 4 rings (SSSR count). The summed E-state index contributed by atoms with van der Waals surface area (Å²) in [6.45, 7) is 5.88. The summed E-state index contributed by atoms with van der Waals surface area (Å²) in [5, 5.41) is 8.45. The normalized spacial score (nSPS) is 28.2. The second-order valence-electron chi connectivity index (χ2n) is 9.02. The molecular weight excluding hydrogens is 340 g/mol. The van der Waals surface area contributed by atoms with Crippen LogP contribution < -0.4 is 10.6 Å². The fraction of sp³-hybridized carbons (Fsp3) is 0.565. The van der Waals surface area contributed by atoms with Gasteiger partial charge in [0.05, 0.1) is 0 Å². The highest BCUT2D eigenvalue weighted by Gasteiger charge is 2.31. The van der Waals surface area contributed by atoms with Gasteiger partial charge in [0.2, 0.25) is 0 Å². The molecule has 2 unspecified atom stereocenters. The van der Waals surface area contributed by atoms with Crippen molar-refractivity contribution < 1.29 is 0 Å². The van der Waals surface area contributed by atoms with E-state index in [2.05, 4.69) is 42.7 Å². The molecule has 0 saturated carbocycles. The highest BCUT2D eigenvalue weighted by Crippen LogP contribution is 2.44. The number of halogens is 1. The van der Waals surface area contributed by atoms with Crippen LogP contribution in [0.5, 0.6) is 0 Å². The van der Waals surface area contributed by atoms with Gasteiger partial charge >= 0.3 is 0 Å². The molecule has 1 aliphatic heterocycles. The van der Waals surface area contributed by atoms with Crippen LogP contribution in [-0.2, 0) is 0 Å². The number of allylic oxidation sites excluding steroid dienone is 2. The molecule has 2 atom stereocenters. The molecule has 2 N–H and O–H groups in total. The number of rotatable bonds is 3. The van der Waals surface area contributed by atoms with E-state index >= 15 is 0 Å². The Kier molecular flexibility index (Phi) is 5.16. The lowest BCUT2D eigenvalue weighted by atomic mass is 9.71. The molecule has 2 nitrogen and oxygen atoms in total. The third-order valence-electron chi connectivity index (χ3n) is 6.28. The lowest BCUT2D eigenvalue weighted by Gasteiger charge is -2.39. The third-order valence-corrected chi connectivity index (χ3v) is 6.53. The molecule has 0 aromatic heterocycles. The minimum atomic E-state index is 0.406. The number of nitrogens with one attached hydrogen (secondary N) is 2. The van der Waals surface area contributed by atoms with Gasteiger partial charge in [0, 0.05) is 29.3 Å². The quantitative estimate of drug-likeness (QED) is 0.713. The van der Waals surface area contributed by atoms with Crippen molar-refractivity contribution >= 4 is 17.2 Å². The van der Waals surface area contributed by atoms with Gasteiger partial charge in [-0.05, 0) is 73.6 Å². The van der Waals surface area contributed by atoms with Gasteiger partial charge in [-0.2, -0.15) is 0 Å². The topological polar surface area (TPSA) is 24.1 Å². The molecular formula is C23H31ClN2. The van der Waals surface area contributed by atoms with Crippen LogP contribution in [0.1, 0.15) is 64.4 Å². The van der Waals surface area contributed by atoms with E-state index in [9.17, 15) is 0 Å². The Labute approximate surface area is 163 Å². The first-order valence-corrected chi connectivity index (χ1v) is 10.5. The minimum Gasteiger partial charge on any atom is -0.386 e. The maximum absolute atomic E-state index is 6.11. The van der Waals surface area contributed by atoms with Crippen LogP contribution in [0.15, 0.2) is 41.6 Å². The van der Waals surface area contributed by atoms with Crippen molar-refractivity contribution in [2.45, 2.75) is 70.9 Å². The molecule has 3 heteroatoms. The van der Waals surface area contributed by atoms with Gasteiger partial charge in [-0.15, -0.1) is 0 Å². The second-order valence-corrected chi connectivity index (χ2v) is 9.46. The van der Waals surface area contributed by atoms with Crippen LogP contribution in [0.2, 0.25) is 5.02 Å². The summed E-state index contributed by atoms with van der Waals surface area (Å²) >= 11 is 6.11. The Hall–Kier alpha value is -1.25. The van der Waals surface area contributed by atoms with Crippen molar-refractivity contribution in [2.75, 3.05) is 6.54 Å². The predicted octanol–water partition coefficient (Wildman–Crippen LogP) is 5.69. The number of piperazine rings is 1. The molecule has 1 aromatic rings. The zero-order valence-electron chi connectivity index (χ0n) is 16.1. The summed E-state index contributed by atoms with van der Waals surface area (Å²) < 4.78 is 0. The molecule has 0 spiro atoms. The summed E-state index contributed by atoms with van der Waals surface area (Å²) in [6.07, 6.45) is 11.0. The summed E-state index contributed by atoms with van der Waals surface area (Å²) in [5.41, 5.74) is 6.41. The minimum absolute atomic E-state index is 0.406. The molecule has 1 fully saturated rings. The van der Waals surface area contributed by atoms with Crippen molar-refractivity contribution in [2.24, 2.45) is 5.41 Å². The van der Waals surface area contributed by atoms with Crippen LogP contribution >= 0.6 is 11.6 Å². The smallest absolute Gasteiger partial charge is 0.0469 e. The van der Waals surface area contributed by atoms with Gasteiger partial charge in [-0.1, -0.05) is 49.2 Å². The largest absolute Gasteiger partial charge is 0.386 e. The SMILES string of the molecule is CC1(C)CCC(c2ccc(Cl)cc2)=C(CC2CNC3=CCCCC3N2)C1. The summed E-state index contributed by atoms with van der Waals surface area (Å²) in [6, 6.07) is 9.52. The highest BCUT2D eigenvalue weighted by molar-refractivity contribution is 6.30. The van der Waals surface area contributed by atoms with E-state index in [1.54, 1.807) is 11.1 Å². The predicted molar refractivity (Wildman–Crippen MR) is 111 cm³/mol. The van der Waals surface area contributed by atoms with Crippen molar-refractivity contribution in [1.29, 1.82) is 0 Å². The summed E-state index contributed by atoms with van der Waals surface area (Å²) in [7, 11) is 0. The van der Waals surface area contributed by atoms with Gasteiger partial charge in [0.25, 0.3) is 0 Å². The van der Waals surface area contributed by atoms with Crippen molar-refractivity contribution in [3.05, 3.63) is 52.2 Å². The first-order valence-electron chi connectivity index (χ1n) is 10.2. The maximum Gasteiger partial charge on any atom is 0.0469 e. The third kappa shape index (κ3) is 4.02. The maximum atomic E-state index is 6.11. The van der Waals surface area contributed by atoms with Gasteiger partial charge < -0.3 is 10.6 Å². The average molecular weight is 371 g/mol. The number of hydrogen-bond donors (Lipinski definition) is 2. The van der Waals surface area contributed by atoms with Crippen molar-refractivity contribution in [1.82, 2.24) is 10.6 Å². The lowest BCUT2D eigenvalue weighted by Crippen LogP contribution is -2.54. The average Bonchev–Trinajstić information content (AvgIpc) is 2.62. The Morgan fingerprint density at radius 1 is 1.19 bits per heavy atom. The molecule has 1 saturated heterocycles. The Bertz CT molecular complexity index is 714. The standard InChI is InChI=1S/C23H31ClN2/c1-23(2)12-11-20(16-7-9-18(24)10-8-16)17(14-23)13-19-15-25-21-5-3-4-6-22(21)26-19/h5,7-10,19,22,25-26H,3-4,6,11-15H2,1-2H3. The fourth-order valence-corrected chi connectivity index (χ4v) is 4.99. The fourth-order valence-electron chi connectivity index (χ4n) is 4.87. The number of hydrogen-bond acceptors (Lipinski definition) is 2. The molecule has 1 aromatic carbocycles. The second kappa shape index (κ2) is 7.40. The van der Waals surface area contributed by atoms with E-state index in [1.165, 1.54) is 49.8 Å². The van der Waals surface area contributed by atoms with E-state index in [0.717, 1.165) is 18.0 Å². The van der Waals surface area contributed by atoms with Crippen LogP contribution in [0.3, 0.4) is 0 Å². The monoisotopic (exact) mass is 370 g/mol. The van der Waals surface area contributed by atoms with Crippen molar-refractivity contribution in [3.63, 3.8) is 0 Å². The Morgan fingerprint density at radius 2 is 2.00 bits per heavy atom. The van der Waals surface area contributed by atoms with E-state index in [4.69, 9.17) is 11.6 Å². The first kappa shape index (κ1) is 18.1. The van der Waals surface area contributed by atoms with Gasteiger partial charge in [0.15, 0.2) is 0 Å². The van der Waals surface area contributed by atoms with E-state index in [0.29, 0.717) is 17.5 Å². The van der Waals surface area contributed by atoms with Crippen LogP contribution in [0.4, 0.5) is 0 Å². The van der Waals surface area contributed by atoms with Crippen LogP contribution in [0, 0.1) is 5.41 Å². The molecule has 0 radical (unpaired) electrons. The van der Waals surface area contributed by atoms with Gasteiger partial charge in [-0.25, -0.2) is 0 Å². The first-order chi connectivity index (χ1) is 12.5. The summed E-state index contributed by atoms with van der Waals surface area (Å²) in [5.74, 6) is 0. The Morgan fingerprint density at radius 3 is 2.81 bits per heavy atom. The molecule has 1 heterocycles. The number of benzene rings is 1. The molecule has 2 aliphatic carbocycles. The zero-order chi connectivity index (χ0) is 18.1. The van der Waals surface area contributed by atoms with E-state index in [1.807, 2.05) is 12.1 Å². The van der Waals surface area contributed by atoms with Crippen LogP contribution in [0.25, 0.3) is 5.57 Å². The highest BCUT2D eigenvalue weighted by atomic mass is 35.5. The molecule has 0 bridgehead atoms. The lowest BCUT2D eigenvalue weighted by molar-refractivity contribution is 0.304. The van der Waals surface area contributed by atoms with E-state index in [-0.39, 0.29) is 0 Å². The zero-order valence-corrected chi connectivity index (χ0v) is 16.8. The summed E-state index contributed by atoms with van der Waals surface area (Å²) in [4.78, 5) is 0. The molecule has 3 aliphatic rings. The van der Waals surface area contributed by atoms with Crippen LogP contribution in [-0.4, -0.2) is 18.6 Å². The van der Waals surface area contributed by atoms with E-state index < -0.39 is 0 Å². The molecule has 0 amide bonds. The number of fused-ring (bicyclic) bond motifs is 1.